The van der Waals surface area contributed by atoms with Crippen LogP contribution in [0.25, 0.3) is 10.9 Å². The number of nitrogens with two attached hydrogens (primary N) is 1. The molecule has 1 saturated carbocycles. The van der Waals surface area contributed by atoms with Crippen LogP contribution in [0, 0.1) is 12.3 Å². The molecule has 1 aromatic heterocycles. The fourth-order valence-electron chi connectivity index (χ4n) is 3.44. The second-order valence-corrected chi connectivity index (χ2v) is 8.27. The molecule has 27 heavy (non-hydrogen) atoms. The number of hydrogen-bond acceptors (Lipinski definition) is 4. The molecule has 3 N–H and O–H groups in total. The van der Waals surface area contributed by atoms with E-state index in [4.69, 9.17) is 5.73 Å². The zero-order valence-corrected chi connectivity index (χ0v) is 16.5. The van der Waals surface area contributed by atoms with Crippen LogP contribution in [0.4, 0.5) is 19.0 Å². The number of nitrogens with one attached hydrogen (secondary N) is 1. The highest BCUT2D eigenvalue weighted by atomic mass is 79.9. The highest BCUT2D eigenvalue weighted by Crippen LogP contribution is 2.38. The maximum Gasteiger partial charge on any atom is 0.451 e. The van der Waals surface area contributed by atoms with E-state index in [-0.39, 0.29) is 23.3 Å². The number of anilines is 1. The van der Waals surface area contributed by atoms with Crippen molar-refractivity contribution in [3.05, 3.63) is 28.0 Å². The Morgan fingerprint density at radius 1 is 1.30 bits per heavy atom. The lowest BCUT2D eigenvalue weighted by Gasteiger charge is -2.35. The number of aryl methyl sites for hydroxylation is 1. The van der Waals surface area contributed by atoms with E-state index in [9.17, 15) is 18.0 Å². The van der Waals surface area contributed by atoms with E-state index in [1.165, 1.54) is 0 Å². The molecule has 146 valence electrons. The monoisotopic (exact) mass is 444 g/mol. The summed E-state index contributed by atoms with van der Waals surface area (Å²) in [6.45, 7) is 3.54. The third-order valence-corrected chi connectivity index (χ3v) is 5.69. The van der Waals surface area contributed by atoms with Crippen LogP contribution in [0.15, 0.2) is 16.6 Å². The molecule has 0 aliphatic heterocycles. The summed E-state index contributed by atoms with van der Waals surface area (Å²) >= 11 is 3.37. The Labute approximate surface area is 163 Å². The average Bonchev–Trinajstić information content (AvgIpc) is 2.56. The van der Waals surface area contributed by atoms with Crippen LogP contribution in [-0.4, -0.2) is 21.9 Å². The first-order valence-corrected chi connectivity index (χ1v) is 9.40. The number of hydrogen-bond donors (Lipinski definition) is 2. The maximum absolute atomic E-state index is 13.3. The minimum atomic E-state index is -4.64. The van der Waals surface area contributed by atoms with Gasteiger partial charge < -0.3 is 11.1 Å². The topological polar surface area (TPSA) is 80.9 Å². The van der Waals surface area contributed by atoms with Crippen molar-refractivity contribution < 1.29 is 18.0 Å². The Balaban J connectivity index is 1.97. The summed E-state index contributed by atoms with van der Waals surface area (Å²) in [5.74, 6) is -1.35. The molecule has 0 saturated heterocycles. The molecule has 0 spiro atoms. The number of primary amides is 1. The fraction of sp³-hybridized carbons (Fsp3) is 0.500. The summed E-state index contributed by atoms with van der Waals surface area (Å²) in [6, 6.07) is 3.34. The van der Waals surface area contributed by atoms with Crippen molar-refractivity contribution in [3.63, 3.8) is 0 Å². The van der Waals surface area contributed by atoms with E-state index in [0.29, 0.717) is 36.6 Å². The zero-order chi connectivity index (χ0) is 20.0. The lowest BCUT2D eigenvalue weighted by atomic mass is 9.73. The molecule has 1 aliphatic carbocycles. The molecule has 1 aromatic carbocycles. The van der Waals surface area contributed by atoms with Crippen LogP contribution in [0.3, 0.4) is 0 Å². The average molecular weight is 445 g/mol. The predicted molar refractivity (Wildman–Crippen MR) is 100 cm³/mol. The van der Waals surface area contributed by atoms with E-state index < -0.39 is 17.4 Å². The molecule has 5 nitrogen and oxygen atoms in total. The molecule has 3 rings (SSSR count). The standard InChI is InChI=1S/C18H20BrF3N4O/c1-9-7-10(19)8-12-13(9)25-16(18(20,21)22)26-14(12)24-11-3-5-17(2,6-4-11)15(23)27/h7-8,11H,3-6H2,1-2H3,(H2,23,27)(H,24,25,26). The van der Waals surface area contributed by atoms with Crippen LogP contribution in [0.2, 0.25) is 0 Å². The van der Waals surface area contributed by atoms with Crippen molar-refractivity contribution in [2.75, 3.05) is 5.32 Å². The van der Waals surface area contributed by atoms with E-state index >= 15 is 0 Å². The Morgan fingerprint density at radius 2 is 1.93 bits per heavy atom. The summed E-state index contributed by atoms with van der Waals surface area (Å²) in [5.41, 5.74) is 5.79. The van der Waals surface area contributed by atoms with Gasteiger partial charge in [-0.15, -0.1) is 0 Å². The molecule has 0 atom stereocenters. The van der Waals surface area contributed by atoms with Crippen molar-refractivity contribution in [1.29, 1.82) is 0 Å². The largest absolute Gasteiger partial charge is 0.451 e. The number of carbonyl (C=O) groups excluding carboxylic acids is 1. The minimum Gasteiger partial charge on any atom is -0.369 e. The van der Waals surface area contributed by atoms with Crippen molar-refractivity contribution in [2.24, 2.45) is 11.1 Å². The number of nitrogens with zero attached hydrogens (tertiary/aromatic N) is 2. The van der Waals surface area contributed by atoms with Gasteiger partial charge in [0.05, 0.1) is 5.52 Å². The number of alkyl halides is 3. The normalized spacial score (nSPS) is 23.4. The van der Waals surface area contributed by atoms with Crippen molar-refractivity contribution in [1.82, 2.24) is 9.97 Å². The first-order valence-electron chi connectivity index (χ1n) is 8.61. The second-order valence-electron chi connectivity index (χ2n) is 7.36. The number of rotatable bonds is 3. The minimum absolute atomic E-state index is 0.0871. The molecule has 9 heteroatoms. The Hall–Kier alpha value is -1.90. The predicted octanol–water partition coefficient (Wildman–Crippen LogP) is 4.57. The summed E-state index contributed by atoms with van der Waals surface area (Å²) in [7, 11) is 0. The van der Waals surface area contributed by atoms with Gasteiger partial charge in [-0.2, -0.15) is 13.2 Å². The second kappa shape index (κ2) is 6.92. The molecule has 0 bridgehead atoms. The number of aromatic nitrogens is 2. The van der Waals surface area contributed by atoms with Gasteiger partial charge in [-0.1, -0.05) is 22.9 Å². The molecule has 1 aliphatic rings. The molecule has 0 radical (unpaired) electrons. The Morgan fingerprint density at radius 3 is 2.48 bits per heavy atom. The van der Waals surface area contributed by atoms with E-state index in [2.05, 4.69) is 31.2 Å². The summed E-state index contributed by atoms with van der Waals surface area (Å²) in [6.07, 6.45) is -2.23. The van der Waals surface area contributed by atoms with Gasteiger partial charge in [0.25, 0.3) is 0 Å². The Bertz CT molecular complexity index is 892. The lowest BCUT2D eigenvalue weighted by molar-refractivity contribution is -0.144. The zero-order valence-electron chi connectivity index (χ0n) is 15.0. The highest BCUT2D eigenvalue weighted by molar-refractivity contribution is 9.10. The van der Waals surface area contributed by atoms with Gasteiger partial charge in [-0.25, -0.2) is 9.97 Å². The van der Waals surface area contributed by atoms with Gasteiger partial charge in [0.1, 0.15) is 5.82 Å². The number of amides is 1. The number of fused-ring (bicyclic) bond motifs is 1. The number of halogens is 4. The van der Waals surface area contributed by atoms with E-state index in [1.807, 2.05) is 6.92 Å². The third-order valence-electron chi connectivity index (χ3n) is 5.23. The van der Waals surface area contributed by atoms with E-state index in [1.54, 1.807) is 19.1 Å². The van der Waals surface area contributed by atoms with E-state index in [0.717, 1.165) is 4.47 Å². The summed E-state index contributed by atoms with van der Waals surface area (Å²) in [5, 5.41) is 3.67. The molecule has 1 heterocycles. The van der Waals surface area contributed by atoms with Crippen LogP contribution >= 0.6 is 15.9 Å². The molecular formula is C18H20BrF3N4O. The van der Waals surface area contributed by atoms with Crippen LogP contribution < -0.4 is 11.1 Å². The van der Waals surface area contributed by atoms with Gasteiger partial charge in [0.15, 0.2) is 0 Å². The first kappa shape index (κ1) is 19.9. The van der Waals surface area contributed by atoms with Gasteiger partial charge in [-0.05, 0) is 50.3 Å². The molecule has 1 amide bonds. The van der Waals surface area contributed by atoms with Crippen molar-refractivity contribution in [3.8, 4) is 0 Å². The number of benzene rings is 1. The third kappa shape index (κ3) is 4.02. The molecule has 1 fully saturated rings. The van der Waals surface area contributed by atoms with Crippen LogP contribution in [0.1, 0.15) is 44.0 Å². The van der Waals surface area contributed by atoms with Gasteiger partial charge in [-0.3, -0.25) is 4.79 Å². The van der Waals surface area contributed by atoms with Crippen LogP contribution in [-0.2, 0) is 11.0 Å². The summed E-state index contributed by atoms with van der Waals surface area (Å²) < 4.78 is 40.5. The number of carbonyl (C=O) groups is 1. The maximum atomic E-state index is 13.3. The Kier molecular flexibility index (Phi) is 5.09. The fourth-order valence-corrected chi connectivity index (χ4v) is 4.01. The molecule has 2 aromatic rings. The van der Waals surface area contributed by atoms with Crippen LogP contribution in [0.5, 0.6) is 0 Å². The van der Waals surface area contributed by atoms with Gasteiger partial charge >= 0.3 is 6.18 Å². The van der Waals surface area contributed by atoms with Gasteiger partial charge in [0.2, 0.25) is 11.7 Å². The smallest absolute Gasteiger partial charge is 0.369 e. The van der Waals surface area contributed by atoms with Gasteiger partial charge in [0, 0.05) is 21.3 Å². The quantitative estimate of drug-likeness (QED) is 0.726. The van der Waals surface area contributed by atoms with Crippen molar-refractivity contribution in [2.45, 2.75) is 51.7 Å². The SMILES string of the molecule is Cc1cc(Br)cc2c(NC3CCC(C)(C(N)=O)CC3)nc(C(F)(F)F)nc12. The molecular weight excluding hydrogens is 425 g/mol. The first-order chi connectivity index (χ1) is 12.5. The molecule has 0 unspecified atom stereocenters. The van der Waals surface area contributed by atoms with Crippen molar-refractivity contribution >= 4 is 38.6 Å². The summed E-state index contributed by atoms with van der Waals surface area (Å²) in [4.78, 5) is 19.1. The lowest BCUT2D eigenvalue weighted by Crippen LogP contribution is -2.40. The highest BCUT2D eigenvalue weighted by Gasteiger charge is 2.38.